The lowest BCUT2D eigenvalue weighted by molar-refractivity contribution is -0.388. The molecule has 0 saturated carbocycles. The van der Waals surface area contributed by atoms with Crippen LogP contribution in [0.1, 0.15) is 18.7 Å². The molecule has 1 saturated heterocycles. The van der Waals surface area contributed by atoms with Crippen LogP contribution in [0.15, 0.2) is 0 Å². The summed E-state index contributed by atoms with van der Waals surface area (Å²) in [4.78, 5) is 16.8. The van der Waals surface area contributed by atoms with Gasteiger partial charge in [0.2, 0.25) is 11.6 Å². The lowest BCUT2D eigenvalue weighted by Gasteiger charge is -2.15. The lowest BCUT2D eigenvalue weighted by atomic mass is 10.4. The zero-order valence-electron chi connectivity index (χ0n) is 10.8. The molecule has 1 aromatic rings. The fraction of sp³-hybridized carbons (Fsp3) is 0.727. The van der Waals surface area contributed by atoms with Crippen molar-refractivity contribution in [1.29, 1.82) is 0 Å². The Morgan fingerprint density at radius 2 is 2.11 bits per heavy atom. The van der Waals surface area contributed by atoms with Gasteiger partial charge in [-0.1, -0.05) is 0 Å². The maximum atomic E-state index is 10.9. The van der Waals surface area contributed by atoms with Crippen LogP contribution >= 0.6 is 0 Å². The zero-order chi connectivity index (χ0) is 13.1. The number of rotatable bonds is 5. The topological polar surface area (TPSA) is 76.2 Å². The molecule has 0 aliphatic carbocycles. The van der Waals surface area contributed by atoms with Crippen molar-refractivity contribution in [1.82, 2.24) is 14.5 Å². The van der Waals surface area contributed by atoms with E-state index in [2.05, 4.69) is 15.2 Å². The Morgan fingerprint density at radius 3 is 2.72 bits per heavy atom. The van der Waals surface area contributed by atoms with Crippen molar-refractivity contribution >= 4 is 11.6 Å². The number of hydrogen-bond acceptors (Lipinski definition) is 5. The van der Waals surface area contributed by atoms with Crippen LogP contribution in [-0.2, 0) is 7.05 Å². The highest BCUT2D eigenvalue weighted by Crippen LogP contribution is 2.23. The van der Waals surface area contributed by atoms with E-state index in [-0.39, 0.29) is 5.82 Å². The van der Waals surface area contributed by atoms with Crippen LogP contribution < -0.4 is 5.32 Å². The molecular formula is C11H19N5O2. The van der Waals surface area contributed by atoms with Crippen molar-refractivity contribution in [3.8, 4) is 0 Å². The predicted molar refractivity (Wildman–Crippen MR) is 68.8 cm³/mol. The van der Waals surface area contributed by atoms with Gasteiger partial charge in [-0.15, -0.1) is 0 Å². The van der Waals surface area contributed by atoms with E-state index in [0.29, 0.717) is 18.2 Å². The summed E-state index contributed by atoms with van der Waals surface area (Å²) < 4.78 is 1.72. The lowest BCUT2D eigenvalue weighted by Crippen LogP contribution is -2.26. The Bertz CT molecular complexity index is 437. The Kier molecular flexibility index (Phi) is 3.81. The van der Waals surface area contributed by atoms with Crippen LogP contribution in [0.2, 0.25) is 0 Å². The molecule has 1 N–H and O–H groups in total. The number of aromatic nitrogens is 2. The summed E-state index contributed by atoms with van der Waals surface area (Å²) in [6, 6.07) is 0. The average Bonchev–Trinajstić information content (AvgIpc) is 2.92. The summed E-state index contributed by atoms with van der Waals surface area (Å²) in [5, 5.41) is 14.0. The van der Waals surface area contributed by atoms with Gasteiger partial charge in [0.05, 0.1) is 0 Å². The molecule has 2 heterocycles. The van der Waals surface area contributed by atoms with Gasteiger partial charge >= 0.3 is 5.82 Å². The first-order valence-corrected chi connectivity index (χ1v) is 6.23. The molecule has 0 bridgehead atoms. The molecule has 7 nitrogen and oxygen atoms in total. The monoisotopic (exact) mass is 253 g/mol. The molecule has 1 aliphatic heterocycles. The summed E-state index contributed by atoms with van der Waals surface area (Å²) in [6.07, 6.45) is 2.51. The number of nitro groups is 1. The number of nitrogens with zero attached hydrogens (tertiary/aromatic N) is 4. The van der Waals surface area contributed by atoms with Crippen LogP contribution in [0, 0.1) is 17.0 Å². The van der Waals surface area contributed by atoms with Crippen molar-refractivity contribution in [2.24, 2.45) is 7.05 Å². The normalized spacial score (nSPS) is 16.1. The van der Waals surface area contributed by atoms with E-state index in [0.717, 1.165) is 19.6 Å². The third-order valence-electron chi connectivity index (χ3n) is 3.39. The van der Waals surface area contributed by atoms with E-state index >= 15 is 0 Å². The highest BCUT2D eigenvalue weighted by atomic mass is 16.6. The smallest absolute Gasteiger partial charge is 0.363 e. The first-order valence-electron chi connectivity index (χ1n) is 6.23. The zero-order valence-corrected chi connectivity index (χ0v) is 10.8. The van der Waals surface area contributed by atoms with E-state index in [1.165, 1.54) is 12.8 Å². The average molecular weight is 253 g/mol. The first-order chi connectivity index (χ1) is 8.59. The molecule has 0 amide bonds. The van der Waals surface area contributed by atoms with Crippen LogP contribution in [0.4, 0.5) is 11.6 Å². The van der Waals surface area contributed by atoms with E-state index in [4.69, 9.17) is 0 Å². The summed E-state index contributed by atoms with van der Waals surface area (Å²) in [5.41, 5.74) is 0. The second-order valence-corrected chi connectivity index (χ2v) is 4.62. The third kappa shape index (κ3) is 2.61. The molecule has 1 aromatic heterocycles. The fourth-order valence-corrected chi connectivity index (χ4v) is 2.26. The number of hydrogen-bond donors (Lipinski definition) is 1. The second-order valence-electron chi connectivity index (χ2n) is 4.62. The van der Waals surface area contributed by atoms with Gasteiger partial charge in [0.15, 0.2) is 0 Å². The van der Waals surface area contributed by atoms with Gasteiger partial charge in [-0.25, -0.2) is 0 Å². The van der Waals surface area contributed by atoms with E-state index in [1.807, 2.05) is 0 Å². The molecular weight excluding hydrogens is 234 g/mol. The van der Waals surface area contributed by atoms with Gasteiger partial charge in [0, 0.05) is 27.1 Å². The fourth-order valence-electron chi connectivity index (χ4n) is 2.26. The van der Waals surface area contributed by atoms with E-state index < -0.39 is 4.92 Å². The quantitative estimate of drug-likeness (QED) is 0.629. The molecule has 1 aliphatic rings. The Balaban J connectivity index is 1.97. The van der Waals surface area contributed by atoms with Crippen LogP contribution in [0.3, 0.4) is 0 Å². The van der Waals surface area contributed by atoms with Crippen LogP contribution in [0.25, 0.3) is 0 Å². The molecule has 18 heavy (non-hydrogen) atoms. The van der Waals surface area contributed by atoms with Gasteiger partial charge in [-0.3, -0.25) is 4.57 Å². The Labute approximate surface area is 106 Å². The predicted octanol–water partition coefficient (Wildman–Crippen LogP) is 1.14. The minimum Gasteiger partial charge on any atom is -0.363 e. The van der Waals surface area contributed by atoms with Crippen molar-refractivity contribution in [2.45, 2.75) is 19.8 Å². The SMILES string of the molecule is Cc1nc([N+](=O)[O-])c(NCCN2CCCC2)n1C. The largest absolute Gasteiger partial charge is 0.406 e. The molecule has 0 spiro atoms. The number of aryl methyl sites for hydroxylation is 1. The van der Waals surface area contributed by atoms with Gasteiger partial charge in [0.25, 0.3) is 0 Å². The van der Waals surface area contributed by atoms with E-state index in [9.17, 15) is 10.1 Å². The highest BCUT2D eigenvalue weighted by molar-refractivity contribution is 5.53. The van der Waals surface area contributed by atoms with E-state index in [1.54, 1.807) is 18.5 Å². The van der Waals surface area contributed by atoms with Crippen molar-refractivity contribution < 1.29 is 4.92 Å². The van der Waals surface area contributed by atoms with Crippen LogP contribution in [-0.4, -0.2) is 45.6 Å². The standard InChI is InChI=1S/C11H19N5O2/c1-9-13-11(16(17)18)10(14(9)2)12-5-8-15-6-3-4-7-15/h12H,3-8H2,1-2H3. The number of likely N-dealkylation sites (tertiary alicyclic amines) is 1. The van der Waals surface area contributed by atoms with Gasteiger partial charge in [-0.05, 0) is 35.8 Å². The summed E-state index contributed by atoms with van der Waals surface area (Å²) >= 11 is 0. The highest BCUT2D eigenvalue weighted by Gasteiger charge is 2.23. The summed E-state index contributed by atoms with van der Waals surface area (Å²) in [5.74, 6) is 1.05. The van der Waals surface area contributed by atoms with Gasteiger partial charge in [0.1, 0.15) is 0 Å². The molecule has 0 radical (unpaired) electrons. The molecule has 100 valence electrons. The Hall–Kier alpha value is -1.63. The first kappa shape index (κ1) is 12.8. The number of imidazole rings is 1. The molecule has 0 aromatic carbocycles. The molecule has 0 unspecified atom stereocenters. The summed E-state index contributed by atoms with van der Waals surface area (Å²) in [7, 11) is 1.79. The second kappa shape index (κ2) is 5.34. The third-order valence-corrected chi connectivity index (χ3v) is 3.39. The van der Waals surface area contributed by atoms with Crippen molar-refractivity contribution in [3.05, 3.63) is 15.9 Å². The molecule has 2 rings (SSSR count). The summed E-state index contributed by atoms with van der Waals surface area (Å²) in [6.45, 7) is 5.65. The number of anilines is 1. The Morgan fingerprint density at radius 1 is 1.44 bits per heavy atom. The van der Waals surface area contributed by atoms with Gasteiger partial charge in [-0.2, -0.15) is 0 Å². The number of nitrogens with one attached hydrogen (secondary N) is 1. The minimum atomic E-state index is -0.439. The molecule has 1 fully saturated rings. The van der Waals surface area contributed by atoms with Crippen LogP contribution in [0.5, 0.6) is 0 Å². The van der Waals surface area contributed by atoms with Crippen molar-refractivity contribution in [3.63, 3.8) is 0 Å². The van der Waals surface area contributed by atoms with Crippen molar-refractivity contribution in [2.75, 3.05) is 31.5 Å². The molecule has 0 atom stereocenters. The minimum absolute atomic E-state index is 0.0866. The maximum Gasteiger partial charge on any atom is 0.406 e. The maximum absolute atomic E-state index is 10.9. The van der Waals surface area contributed by atoms with Gasteiger partial charge < -0.3 is 20.3 Å². The molecule has 7 heteroatoms.